The summed E-state index contributed by atoms with van der Waals surface area (Å²) in [5, 5.41) is 9.20. The molecule has 18 heavy (non-hydrogen) atoms. The van der Waals surface area contributed by atoms with Gasteiger partial charge in [-0.3, -0.25) is 9.78 Å². The van der Waals surface area contributed by atoms with Gasteiger partial charge >= 0.3 is 5.97 Å². The van der Waals surface area contributed by atoms with Crippen molar-refractivity contribution in [1.82, 2.24) is 15.0 Å². The van der Waals surface area contributed by atoms with Crippen LogP contribution in [0.2, 0.25) is 0 Å². The molecule has 94 valence electrons. The molecule has 5 heteroatoms. The molecule has 1 atom stereocenters. The Kier molecular flexibility index (Phi) is 3.41. The number of carbonyl (C=O) groups is 1. The van der Waals surface area contributed by atoms with E-state index in [2.05, 4.69) is 15.0 Å². The highest BCUT2D eigenvalue weighted by Crippen LogP contribution is 2.24. The van der Waals surface area contributed by atoms with Crippen molar-refractivity contribution >= 4 is 5.97 Å². The second-order valence-corrected chi connectivity index (χ2v) is 4.46. The predicted octanol–water partition coefficient (Wildman–Crippen LogP) is 2.30. The second kappa shape index (κ2) is 5.00. The second-order valence-electron chi connectivity index (χ2n) is 4.46. The maximum atomic E-state index is 11.2. The number of carboxylic acids is 1. The van der Waals surface area contributed by atoms with Gasteiger partial charge in [0.2, 0.25) is 0 Å². The number of carboxylic acid groups (broad SMARTS) is 1. The van der Waals surface area contributed by atoms with Crippen LogP contribution in [0.3, 0.4) is 0 Å². The number of hydrogen-bond donors (Lipinski definition) is 2. The quantitative estimate of drug-likeness (QED) is 0.866. The van der Waals surface area contributed by atoms with Crippen LogP contribution in [0.25, 0.3) is 11.4 Å². The fraction of sp³-hybridized carbons (Fsp3) is 0.308. The van der Waals surface area contributed by atoms with E-state index in [0.29, 0.717) is 5.82 Å². The van der Waals surface area contributed by atoms with Crippen LogP contribution in [0.5, 0.6) is 0 Å². The molecule has 0 saturated heterocycles. The average Bonchev–Trinajstić information content (AvgIpc) is 2.78. The minimum Gasteiger partial charge on any atom is -0.481 e. The zero-order chi connectivity index (χ0) is 13.1. The Labute approximate surface area is 105 Å². The Hall–Kier alpha value is -2.17. The highest BCUT2D eigenvalue weighted by Gasteiger charge is 2.26. The molecule has 1 unspecified atom stereocenters. The number of hydrogen-bond acceptors (Lipinski definition) is 3. The van der Waals surface area contributed by atoms with Crippen molar-refractivity contribution in [3.05, 3.63) is 36.4 Å². The van der Waals surface area contributed by atoms with Crippen LogP contribution in [0.1, 0.15) is 25.6 Å². The van der Waals surface area contributed by atoms with Gasteiger partial charge in [-0.15, -0.1) is 0 Å². The van der Waals surface area contributed by atoms with Crippen molar-refractivity contribution in [2.45, 2.75) is 19.8 Å². The number of imidazole rings is 1. The molecule has 0 saturated carbocycles. The standard InChI is InChI=1S/C13H15N3O2/c1-8(2)11(13(17)18)12-15-7-10(16-12)9-5-3-4-6-14-9/h3-8,11H,1-2H3,(H,15,16)(H,17,18). The molecule has 0 bridgehead atoms. The summed E-state index contributed by atoms with van der Waals surface area (Å²) in [5.41, 5.74) is 1.49. The Morgan fingerprint density at radius 1 is 1.33 bits per heavy atom. The summed E-state index contributed by atoms with van der Waals surface area (Å²) < 4.78 is 0. The van der Waals surface area contributed by atoms with Crippen LogP contribution in [-0.2, 0) is 4.79 Å². The highest BCUT2D eigenvalue weighted by atomic mass is 16.4. The molecule has 2 aromatic rings. The number of aliphatic carboxylic acids is 1. The summed E-state index contributed by atoms with van der Waals surface area (Å²) in [6.45, 7) is 3.73. The lowest BCUT2D eigenvalue weighted by Gasteiger charge is -2.12. The molecule has 2 heterocycles. The van der Waals surface area contributed by atoms with Crippen LogP contribution >= 0.6 is 0 Å². The average molecular weight is 245 g/mol. The molecule has 2 rings (SSSR count). The minimum atomic E-state index is -0.869. The minimum absolute atomic E-state index is 0.0229. The summed E-state index contributed by atoms with van der Waals surface area (Å²) in [5.74, 6) is -1.04. The molecule has 2 aromatic heterocycles. The normalized spacial score (nSPS) is 12.6. The third-order valence-electron chi connectivity index (χ3n) is 2.76. The van der Waals surface area contributed by atoms with Gasteiger partial charge in [-0.05, 0) is 18.1 Å². The number of H-pyrrole nitrogens is 1. The lowest BCUT2D eigenvalue weighted by atomic mass is 9.95. The van der Waals surface area contributed by atoms with E-state index in [-0.39, 0.29) is 5.92 Å². The van der Waals surface area contributed by atoms with Crippen LogP contribution in [0.15, 0.2) is 30.6 Å². The maximum absolute atomic E-state index is 11.2. The molecule has 0 aliphatic carbocycles. The van der Waals surface area contributed by atoms with E-state index in [1.807, 2.05) is 32.0 Å². The van der Waals surface area contributed by atoms with Gasteiger partial charge in [0.25, 0.3) is 0 Å². The molecule has 2 N–H and O–H groups in total. The molecular weight excluding hydrogens is 230 g/mol. The van der Waals surface area contributed by atoms with Crippen molar-refractivity contribution in [2.24, 2.45) is 5.92 Å². The van der Waals surface area contributed by atoms with Crippen molar-refractivity contribution in [2.75, 3.05) is 0 Å². The number of aromatic nitrogens is 3. The van der Waals surface area contributed by atoms with Crippen molar-refractivity contribution in [3.8, 4) is 11.4 Å². The van der Waals surface area contributed by atoms with E-state index in [4.69, 9.17) is 0 Å². The van der Waals surface area contributed by atoms with E-state index in [1.54, 1.807) is 12.4 Å². The lowest BCUT2D eigenvalue weighted by Crippen LogP contribution is -2.18. The molecular formula is C13H15N3O2. The fourth-order valence-electron chi connectivity index (χ4n) is 1.86. The van der Waals surface area contributed by atoms with Gasteiger partial charge in [-0.1, -0.05) is 19.9 Å². The van der Waals surface area contributed by atoms with Gasteiger partial charge in [0.1, 0.15) is 11.7 Å². The lowest BCUT2D eigenvalue weighted by molar-refractivity contribution is -0.140. The first-order valence-electron chi connectivity index (χ1n) is 5.78. The van der Waals surface area contributed by atoms with Gasteiger partial charge in [0.05, 0.1) is 17.6 Å². The maximum Gasteiger partial charge on any atom is 0.314 e. The zero-order valence-corrected chi connectivity index (χ0v) is 10.3. The van der Waals surface area contributed by atoms with E-state index in [0.717, 1.165) is 11.4 Å². The summed E-state index contributed by atoms with van der Waals surface area (Å²) in [7, 11) is 0. The first-order valence-corrected chi connectivity index (χ1v) is 5.78. The molecule has 0 fully saturated rings. The first-order chi connectivity index (χ1) is 8.59. The fourth-order valence-corrected chi connectivity index (χ4v) is 1.86. The summed E-state index contributed by atoms with van der Waals surface area (Å²) in [6, 6.07) is 5.55. The molecule has 0 spiro atoms. The van der Waals surface area contributed by atoms with Crippen LogP contribution < -0.4 is 0 Å². The summed E-state index contributed by atoms with van der Waals surface area (Å²) in [4.78, 5) is 22.6. The van der Waals surface area contributed by atoms with Gasteiger partial charge in [-0.25, -0.2) is 4.98 Å². The Morgan fingerprint density at radius 2 is 2.11 bits per heavy atom. The van der Waals surface area contributed by atoms with E-state index >= 15 is 0 Å². The summed E-state index contributed by atoms with van der Waals surface area (Å²) in [6.07, 6.45) is 3.31. The first kappa shape index (κ1) is 12.3. The SMILES string of the molecule is CC(C)C(C(=O)O)c1ncc(-c2ccccn2)[nH]1. The predicted molar refractivity (Wildman–Crippen MR) is 67.0 cm³/mol. The van der Waals surface area contributed by atoms with E-state index in [9.17, 15) is 9.90 Å². The van der Waals surface area contributed by atoms with Gasteiger partial charge in [-0.2, -0.15) is 0 Å². The van der Waals surface area contributed by atoms with Crippen LogP contribution in [0.4, 0.5) is 0 Å². The third kappa shape index (κ3) is 2.40. The molecule has 0 aliphatic rings. The van der Waals surface area contributed by atoms with Crippen molar-refractivity contribution in [3.63, 3.8) is 0 Å². The Balaban J connectivity index is 2.33. The Morgan fingerprint density at radius 3 is 2.67 bits per heavy atom. The smallest absolute Gasteiger partial charge is 0.314 e. The number of pyridine rings is 1. The molecule has 0 aromatic carbocycles. The molecule has 0 radical (unpaired) electrons. The summed E-state index contributed by atoms with van der Waals surface area (Å²) >= 11 is 0. The topological polar surface area (TPSA) is 78.9 Å². The van der Waals surface area contributed by atoms with Gasteiger partial charge < -0.3 is 10.1 Å². The number of nitrogens with zero attached hydrogens (tertiary/aromatic N) is 2. The van der Waals surface area contributed by atoms with Gasteiger partial charge in [0, 0.05) is 6.20 Å². The molecule has 5 nitrogen and oxygen atoms in total. The number of rotatable bonds is 4. The van der Waals surface area contributed by atoms with E-state index in [1.165, 1.54) is 0 Å². The van der Waals surface area contributed by atoms with Gasteiger partial charge in [0.15, 0.2) is 0 Å². The molecule has 0 amide bonds. The van der Waals surface area contributed by atoms with Crippen LogP contribution in [0, 0.1) is 5.92 Å². The van der Waals surface area contributed by atoms with Crippen molar-refractivity contribution < 1.29 is 9.90 Å². The third-order valence-corrected chi connectivity index (χ3v) is 2.76. The van der Waals surface area contributed by atoms with Crippen molar-refractivity contribution in [1.29, 1.82) is 0 Å². The van der Waals surface area contributed by atoms with Crippen LogP contribution in [-0.4, -0.2) is 26.0 Å². The number of nitrogens with one attached hydrogen (secondary N) is 1. The number of aromatic amines is 1. The Bertz CT molecular complexity index is 534. The largest absolute Gasteiger partial charge is 0.481 e. The van der Waals surface area contributed by atoms with E-state index < -0.39 is 11.9 Å². The monoisotopic (exact) mass is 245 g/mol. The highest BCUT2D eigenvalue weighted by molar-refractivity contribution is 5.75. The zero-order valence-electron chi connectivity index (χ0n) is 10.3. The molecule has 0 aliphatic heterocycles.